The van der Waals surface area contributed by atoms with Gasteiger partial charge in [0.25, 0.3) is 0 Å². The summed E-state index contributed by atoms with van der Waals surface area (Å²) < 4.78 is 11.9. The second-order valence-corrected chi connectivity index (χ2v) is 8.85. The van der Waals surface area contributed by atoms with Crippen LogP contribution in [0.15, 0.2) is 77.3 Å². The zero-order chi connectivity index (χ0) is 26.9. The van der Waals surface area contributed by atoms with E-state index in [-0.39, 0.29) is 23.1 Å². The molecule has 194 valence electrons. The summed E-state index contributed by atoms with van der Waals surface area (Å²) in [5.74, 6) is 1.69. The summed E-state index contributed by atoms with van der Waals surface area (Å²) in [5.41, 5.74) is 2.09. The first-order chi connectivity index (χ1) is 18.4. The Balaban J connectivity index is 1.73. The SMILES string of the molecule is CCOc1ccc(Nc2nc(C=Cc3ccc(Br)cc3)c([N+](=O)[O-])c(Nc3ccc(OCC)cc3)n2)cc1. The molecule has 4 aromatic rings. The predicted octanol–water partition coefficient (Wildman–Crippen LogP) is 7.60. The first-order valence-electron chi connectivity index (χ1n) is 11.9. The van der Waals surface area contributed by atoms with Gasteiger partial charge in [0.2, 0.25) is 11.8 Å². The van der Waals surface area contributed by atoms with Crippen LogP contribution in [0.25, 0.3) is 12.2 Å². The van der Waals surface area contributed by atoms with Crippen LogP contribution in [0.4, 0.5) is 28.8 Å². The molecular formula is C28H26BrN5O4. The lowest BCUT2D eigenvalue weighted by atomic mass is 10.2. The lowest BCUT2D eigenvalue weighted by Gasteiger charge is -2.12. The van der Waals surface area contributed by atoms with E-state index in [0.29, 0.717) is 30.3 Å². The summed E-state index contributed by atoms with van der Waals surface area (Å²) in [6.07, 6.45) is 3.37. The van der Waals surface area contributed by atoms with E-state index in [4.69, 9.17) is 9.47 Å². The van der Waals surface area contributed by atoms with Crippen LogP contribution in [0.3, 0.4) is 0 Å². The van der Waals surface area contributed by atoms with Crippen LogP contribution < -0.4 is 20.1 Å². The van der Waals surface area contributed by atoms with Crippen molar-refractivity contribution in [3.8, 4) is 11.5 Å². The zero-order valence-corrected chi connectivity index (χ0v) is 22.4. The summed E-state index contributed by atoms with van der Waals surface area (Å²) >= 11 is 3.41. The minimum absolute atomic E-state index is 0.0538. The summed E-state index contributed by atoms with van der Waals surface area (Å²) in [4.78, 5) is 20.6. The Morgan fingerprint density at radius 1 is 0.816 bits per heavy atom. The fourth-order valence-electron chi connectivity index (χ4n) is 3.53. The number of ether oxygens (including phenoxy) is 2. The third kappa shape index (κ3) is 7.07. The van der Waals surface area contributed by atoms with Crippen LogP contribution in [-0.2, 0) is 0 Å². The van der Waals surface area contributed by atoms with E-state index in [1.165, 1.54) is 0 Å². The van der Waals surface area contributed by atoms with Gasteiger partial charge in [-0.3, -0.25) is 10.1 Å². The first-order valence-corrected chi connectivity index (χ1v) is 12.7. The number of hydrogen-bond acceptors (Lipinski definition) is 8. The Morgan fingerprint density at radius 2 is 1.37 bits per heavy atom. The molecule has 0 amide bonds. The number of halogens is 1. The molecule has 3 aromatic carbocycles. The number of nitrogens with zero attached hydrogens (tertiary/aromatic N) is 3. The van der Waals surface area contributed by atoms with Crippen molar-refractivity contribution < 1.29 is 14.4 Å². The van der Waals surface area contributed by atoms with Gasteiger partial charge in [-0.25, -0.2) is 4.98 Å². The molecule has 0 aliphatic rings. The second-order valence-electron chi connectivity index (χ2n) is 7.94. The van der Waals surface area contributed by atoms with Crippen molar-refractivity contribution in [1.82, 2.24) is 9.97 Å². The minimum Gasteiger partial charge on any atom is -0.494 e. The Bertz CT molecular complexity index is 1410. The number of nitro groups is 1. The van der Waals surface area contributed by atoms with Gasteiger partial charge < -0.3 is 20.1 Å². The van der Waals surface area contributed by atoms with Crippen molar-refractivity contribution in [3.05, 3.63) is 98.6 Å². The van der Waals surface area contributed by atoms with Crippen molar-refractivity contribution in [3.63, 3.8) is 0 Å². The van der Waals surface area contributed by atoms with E-state index in [9.17, 15) is 10.1 Å². The highest BCUT2D eigenvalue weighted by Crippen LogP contribution is 2.32. The molecule has 0 saturated carbocycles. The third-order valence-electron chi connectivity index (χ3n) is 5.25. The normalized spacial score (nSPS) is 10.8. The molecule has 0 spiro atoms. The number of anilines is 4. The molecule has 0 bridgehead atoms. The quantitative estimate of drug-likeness (QED) is 0.139. The maximum atomic E-state index is 12.2. The van der Waals surface area contributed by atoms with Crippen LogP contribution in [-0.4, -0.2) is 28.1 Å². The topological polar surface area (TPSA) is 111 Å². The highest BCUT2D eigenvalue weighted by Gasteiger charge is 2.24. The first kappa shape index (κ1) is 26.6. The molecule has 2 N–H and O–H groups in total. The van der Waals surface area contributed by atoms with Crippen molar-refractivity contribution in [2.75, 3.05) is 23.8 Å². The number of aromatic nitrogens is 2. The average Bonchev–Trinajstić information content (AvgIpc) is 2.90. The molecular weight excluding hydrogens is 550 g/mol. The van der Waals surface area contributed by atoms with Gasteiger partial charge in [0.1, 0.15) is 17.2 Å². The van der Waals surface area contributed by atoms with Gasteiger partial charge in [0.05, 0.1) is 18.1 Å². The number of nitrogens with one attached hydrogen (secondary N) is 2. The molecule has 0 aliphatic carbocycles. The van der Waals surface area contributed by atoms with Crippen molar-refractivity contribution >= 4 is 56.9 Å². The van der Waals surface area contributed by atoms with Crippen LogP contribution in [0.5, 0.6) is 11.5 Å². The molecule has 0 saturated heterocycles. The minimum atomic E-state index is -0.487. The zero-order valence-electron chi connectivity index (χ0n) is 20.8. The van der Waals surface area contributed by atoms with E-state index in [1.54, 1.807) is 36.4 Å². The molecule has 1 heterocycles. The van der Waals surface area contributed by atoms with Crippen molar-refractivity contribution in [2.45, 2.75) is 13.8 Å². The Kier molecular flexibility index (Phi) is 8.89. The molecule has 4 rings (SSSR count). The van der Waals surface area contributed by atoms with E-state index >= 15 is 0 Å². The Morgan fingerprint density at radius 3 is 1.89 bits per heavy atom. The molecule has 38 heavy (non-hydrogen) atoms. The lowest BCUT2D eigenvalue weighted by molar-refractivity contribution is -0.384. The maximum absolute atomic E-state index is 12.2. The van der Waals surface area contributed by atoms with Gasteiger partial charge in [-0.2, -0.15) is 4.98 Å². The van der Waals surface area contributed by atoms with Crippen LogP contribution in [0, 0.1) is 10.1 Å². The average molecular weight is 576 g/mol. The van der Waals surface area contributed by atoms with Crippen molar-refractivity contribution in [1.29, 1.82) is 0 Å². The molecule has 9 nitrogen and oxygen atoms in total. The Hall–Kier alpha value is -4.44. The number of hydrogen-bond donors (Lipinski definition) is 2. The van der Waals surface area contributed by atoms with Gasteiger partial charge >= 0.3 is 5.69 Å². The summed E-state index contributed by atoms with van der Waals surface area (Å²) in [7, 11) is 0. The standard InChI is InChI=1S/C28H26BrN5O4/c1-3-37-23-14-10-21(11-15-23)30-27-26(34(35)36)25(18-7-19-5-8-20(29)9-6-19)32-28(33-27)31-22-12-16-24(17-13-22)38-4-2/h5-18H,3-4H2,1-2H3,(H2,30,31,32,33). The van der Waals surface area contributed by atoms with E-state index < -0.39 is 4.92 Å². The van der Waals surface area contributed by atoms with Gasteiger partial charge in [-0.1, -0.05) is 34.1 Å². The molecule has 0 unspecified atom stereocenters. The van der Waals surface area contributed by atoms with Crippen molar-refractivity contribution in [2.24, 2.45) is 0 Å². The molecule has 0 radical (unpaired) electrons. The smallest absolute Gasteiger partial charge is 0.337 e. The summed E-state index contributed by atoms with van der Waals surface area (Å²) in [5, 5.41) is 18.4. The van der Waals surface area contributed by atoms with Crippen LogP contribution in [0.2, 0.25) is 0 Å². The van der Waals surface area contributed by atoms with Gasteiger partial charge in [0, 0.05) is 15.8 Å². The molecule has 0 aliphatic heterocycles. The monoisotopic (exact) mass is 575 g/mol. The molecule has 10 heteroatoms. The molecule has 0 fully saturated rings. The third-order valence-corrected chi connectivity index (χ3v) is 5.78. The second kappa shape index (κ2) is 12.7. The predicted molar refractivity (Wildman–Crippen MR) is 154 cm³/mol. The fourth-order valence-corrected chi connectivity index (χ4v) is 3.79. The van der Waals surface area contributed by atoms with E-state index in [2.05, 4.69) is 36.5 Å². The van der Waals surface area contributed by atoms with Crippen LogP contribution >= 0.6 is 15.9 Å². The lowest BCUT2D eigenvalue weighted by Crippen LogP contribution is -2.07. The van der Waals surface area contributed by atoms with E-state index in [1.807, 2.05) is 62.4 Å². The van der Waals surface area contributed by atoms with Crippen LogP contribution in [0.1, 0.15) is 25.1 Å². The van der Waals surface area contributed by atoms with Gasteiger partial charge in [-0.15, -0.1) is 0 Å². The largest absolute Gasteiger partial charge is 0.494 e. The van der Waals surface area contributed by atoms with Gasteiger partial charge in [-0.05, 0) is 86.2 Å². The number of rotatable bonds is 11. The molecule has 1 aromatic heterocycles. The highest BCUT2D eigenvalue weighted by molar-refractivity contribution is 9.10. The Labute approximate surface area is 228 Å². The fraction of sp³-hybridized carbons (Fsp3) is 0.143. The van der Waals surface area contributed by atoms with E-state index in [0.717, 1.165) is 15.8 Å². The molecule has 0 atom stereocenters. The van der Waals surface area contributed by atoms with Gasteiger partial charge in [0.15, 0.2) is 0 Å². The summed E-state index contributed by atoms with van der Waals surface area (Å²) in [6, 6.07) is 22.0. The number of benzene rings is 3. The maximum Gasteiger partial charge on any atom is 0.337 e. The summed E-state index contributed by atoms with van der Waals surface area (Å²) in [6.45, 7) is 4.92. The highest BCUT2D eigenvalue weighted by atomic mass is 79.9.